The minimum atomic E-state index is -0.343. The molecule has 1 saturated heterocycles. The largest absolute Gasteiger partial charge is 0.415 e. The number of carbonyl (C=O) groups excluding carboxylic acids is 1. The number of aryl methyl sites for hydroxylation is 2. The number of carbonyl (C=O) groups is 1. The van der Waals surface area contributed by atoms with Crippen LogP contribution in [-0.2, 0) is 0 Å². The van der Waals surface area contributed by atoms with Gasteiger partial charge in [-0.15, -0.1) is 0 Å². The first-order valence-electron chi connectivity index (χ1n) is 5.96. The first-order valence-corrected chi connectivity index (χ1v) is 6.34. The molecule has 2 rings (SSSR count). The van der Waals surface area contributed by atoms with E-state index in [2.05, 4.69) is 0 Å². The van der Waals surface area contributed by atoms with Crippen molar-refractivity contribution in [3.05, 3.63) is 28.3 Å². The normalized spacial score (nSPS) is 19.1. The summed E-state index contributed by atoms with van der Waals surface area (Å²) in [4.78, 5) is 13.5. The highest BCUT2D eigenvalue weighted by Crippen LogP contribution is 2.26. The van der Waals surface area contributed by atoms with Gasteiger partial charge >= 0.3 is 6.09 Å². The van der Waals surface area contributed by atoms with Crippen molar-refractivity contribution >= 4 is 17.7 Å². The van der Waals surface area contributed by atoms with Crippen molar-refractivity contribution in [1.82, 2.24) is 4.90 Å². The maximum absolute atomic E-state index is 11.9. The van der Waals surface area contributed by atoms with Crippen LogP contribution in [0.25, 0.3) is 0 Å². The van der Waals surface area contributed by atoms with Crippen molar-refractivity contribution in [2.45, 2.75) is 26.3 Å². The average Bonchev–Trinajstić information content (AvgIpc) is 2.72. The topological polar surface area (TPSA) is 55.6 Å². The predicted molar refractivity (Wildman–Crippen MR) is 71.1 cm³/mol. The van der Waals surface area contributed by atoms with Crippen LogP contribution in [0.2, 0.25) is 5.02 Å². The lowest BCUT2D eigenvalue weighted by Gasteiger charge is -2.16. The SMILES string of the molecule is Cc1cc(OC(=O)N2CCC(N)C2)cc(C)c1Cl. The van der Waals surface area contributed by atoms with Crippen molar-refractivity contribution in [1.29, 1.82) is 0 Å². The van der Waals surface area contributed by atoms with Crippen molar-refractivity contribution in [3.63, 3.8) is 0 Å². The van der Waals surface area contributed by atoms with Gasteiger partial charge in [-0.2, -0.15) is 0 Å². The van der Waals surface area contributed by atoms with E-state index in [0.29, 0.717) is 23.9 Å². The third-order valence-electron chi connectivity index (χ3n) is 3.10. The smallest absolute Gasteiger partial charge is 0.410 e. The number of nitrogens with zero attached hydrogens (tertiary/aromatic N) is 1. The van der Waals surface area contributed by atoms with Gasteiger partial charge in [0.05, 0.1) is 0 Å². The summed E-state index contributed by atoms with van der Waals surface area (Å²) in [6, 6.07) is 3.60. The van der Waals surface area contributed by atoms with Crippen LogP contribution >= 0.6 is 11.6 Å². The number of hydrogen-bond acceptors (Lipinski definition) is 3. The highest BCUT2D eigenvalue weighted by molar-refractivity contribution is 6.32. The molecule has 98 valence electrons. The van der Waals surface area contributed by atoms with Gasteiger partial charge in [-0.1, -0.05) is 11.6 Å². The van der Waals surface area contributed by atoms with Crippen LogP contribution in [0.3, 0.4) is 0 Å². The Kier molecular flexibility index (Phi) is 3.78. The second-order valence-corrected chi connectivity index (χ2v) is 5.11. The van der Waals surface area contributed by atoms with E-state index in [0.717, 1.165) is 17.5 Å². The lowest BCUT2D eigenvalue weighted by molar-refractivity contribution is 0.162. The summed E-state index contributed by atoms with van der Waals surface area (Å²) in [6.45, 7) is 4.99. The molecule has 2 N–H and O–H groups in total. The van der Waals surface area contributed by atoms with E-state index >= 15 is 0 Å². The highest BCUT2D eigenvalue weighted by atomic mass is 35.5. The molecule has 1 aliphatic rings. The summed E-state index contributed by atoms with van der Waals surface area (Å²) in [5.41, 5.74) is 7.56. The molecule has 1 aliphatic heterocycles. The van der Waals surface area contributed by atoms with Gasteiger partial charge in [0.2, 0.25) is 0 Å². The summed E-state index contributed by atoms with van der Waals surface area (Å²) in [5.74, 6) is 0.528. The van der Waals surface area contributed by atoms with Crippen molar-refractivity contribution in [3.8, 4) is 5.75 Å². The quantitative estimate of drug-likeness (QED) is 0.851. The Labute approximate surface area is 112 Å². The van der Waals surface area contributed by atoms with E-state index in [1.807, 2.05) is 13.8 Å². The molecule has 0 spiro atoms. The minimum Gasteiger partial charge on any atom is -0.410 e. The van der Waals surface area contributed by atoms with Gasteiger partial charge < -0.3 is 15.4 Å². The number of halogens is 1. The third-order valence-corrected chi connectivity index (χ3v) is 3.69. The molecule has 5 heteroatoms. The van der Waals surface area contributed by atoms with Crippen LogP contribution < -0.4 is 10.5 Å². The van der Waals surface area contributed by atoms with E-state index in [1.54, 1.807) is 17.0 Å². The summed E-state index contributed by atoms with van der Waals surface area (Å²) in [5, 5.41) is 0.706. The molecule has 1 unspecified atom stereocenters. The van der Waals surface area contributed by atoms with E-state index in [1.165, 1.54) is 0 Å². The zero-order valence-corrected chi connectivity index (χ0v) is 11.3. The molecule has 18 heavy (non-hydrogen) atoms. The summed E-state index contributed by atoms with van der Waals surface area (Å²) >= 11 is 6.06. The van der Waals surface area contributed by atoms with Crippen LogP contribution in [0.5, 0.6) is 5.75 Å². The molecule has 0 radical (unpaired) electrons. The Morgan fingerprint density at radius 3 is 2.56 bits per heavy atom. The van der Waals surface area contributed by atoms with Gasteiger partial charge in [-0.25, -0.2) is 4.79 Å². The van der Waals surface area contributed by atoms with E-state index < -0.39 is 0 Å². The predicted octanol–water partition coefficient (Wildman–Crippen LogP) is 2.49. The van der Waals surface area contributed by atoms with Crippen molar-refractivity contribution < 1.29 is 9.53 Å². The van der Waals surface area contributed by atoms with Crippen LogP contribution in [0, 0.1) is 13.8 Å². The van der Waals surface area contributed by atoms with Crippen LogP contribution in [-0.4, -0.2) is 30.1 Å². The fourth-order valence-corrected chi connectivity index (χ4v) is 2.19. The fraction of sp³-hybridized carbons (Fsp3) is 0.462. The van der Waals surface area contributed by atoms with E-state index in [-0.39, 0.29) is 12.1 Å². The Hall–Kier alpha value is -1.26. The molecular formula is C13H17ClN2O2. The lowest BCUT2D eigenvalue weighted by atomic mass is 10.1. The van der Waals surface area contributed by atoms with E-state index in [9.17, 15) is 4.79 Å². The molecule has 1 fully saturated rings. The van der Waals surface area contributed by atoms with Crippen LogP contribution in [0.15, 0.2) is 12.1 Å². The monoisotopic (exact) mass is 268 g/mol. The Bertz CT molecular complexity index is 453. The second kappa shape index (κ2) is 5.16. The van der Waals surface area contributed by atoms with Crippen molar-refractivity contribution in [2.24, 2.45) is 5.73 Å². The Morgan fingerprint density at radius 2 is 2.06 bits per heavy atom. The summed E-state index contributed by atoms with van der Waals surface area (Å²) < 4.78 is 5.34. The molecule has 0 aromatic heterocycles. The number of benzene rings is 1. The van der Waals surface area contributed by atoms with Gasteiger partial charge in [0.1, 0.15) is 5.75 Å². The summed E-state index contributed by atoms with van der Waals surface area (Å²) in [6.07, 6.45) is 0.484. The van der Waals surface area contributed by atoms with Crippen LogP contribution in [0.1, 0.15) is 17.5 Å². The molecule has 0 aliphatic carbocycles. The number of nitrogens with two attached hydrogens (primary N) is 1. The van der Waals surface area contributed by atoms with Gasteiger partial charge in [-0.3, -0.25) is 0 Å². The first-order chi connectivity index (χ1) is 8.47. The number of amides is 1. The standard InChI is InChI=1S/C13H17ClN2O2/c1-8-5-11(6-9(2)12(8)14)18-13(17)16-4-3-10(15)7-16/h5-6,10H,3-4,7,15H2,1-2H3. The zero-order chi connectivity index (χ0) is 13.3. The highest BCUT2D eigenvalue weighted by Gasteiger charge is 2.25. The second-order valence-electron chi connectivity index (χ2n) is 4.73. The maximum atomic E-state index is 11.9. The molecule has 4 nitrogen and oxygen atoms in total. The van der Waals surface area contributed by atoms with Crippen LogP contribution in [0.4, 0.5) is 4.79 Å². The first kappa shape index (κ1) is 13.2. The Balaban J connectivity index is 2.07. The molecule has 0 bridgehead atoms. The summed E-state index contributed by atoms with van der Waals surface area (Å²) in [7, 11) is 0. The zero-order valence-electron chi connectivity index (χ0n) is 10.6. The van der Waals surface area contributed by atoms with Crippen molar-refractivity contribution in [2.75, 3.05) is 13.1 Å². The number of likely N-dealkylation sites (tertiary alicyclic amines) is 1. The fourth-order valence-electron chi connectivity index (χ4n) is 2.08. The number of rotatable bonds is 1. The van der Waals surface area contributed by atoms with Gasteiger partial charge in [0, 0.05) is 24.2 Å². The maximum Gasteiger partial charge on any atom is 0.415 e. The molecular weight excluding hydrogens is 252 g/mol. The van der Waals surface area contributed by atoms with E-state index in [4.69, 9.17) is 22.1 Å². The Morgan fingerprint density at radius 1 is 1.44 bits per heavy atom. The number of ether oxygens (including phenoxy) is 1. The molecule has 1 aromatic rings. The van der Waals surface area contributed by atoms with Gasteiger partial charge in [-0.05, 0) is 43.5 Å². The molecule has 1 heterocycles. The van der Waals surface area contributed by atoms with Gasteiger partial charge in [0.15, 0.2) is 0 Å². The van der Waals surface area contributed by atoms with Gasteiger partial charge in [0.25, 0.3) is 0 Å². The molecule has 1 aromatic carbocycles. The molecule has 1 atom stereocenters. The average molecular weight is 269 g/mol. The third kappa shape index (κ3) is 2.76. The lowest BCUT2D eigenvalue weighted by Crippen LogP contribution is -2.34. The number of hydrogen-bond donors (Lipinski definition) is 1. The molecule has 0 saturated carbocycles. The minimum absolute atomic E-state index is 0.0613. The molecule has 1 amide bonds.